The third kappa shape index (κ3) is 3.47. The average Bonchev–Trinajstić information content (AvgIpc) is 3.43. The van der Waals surface area contributed by atoms with E-state index in [1.807, 2.05) is 18.2 Å². The fourth-order valence-corrected chi connectivity index (χ4v) is 2.90. The maximum Gasteiger partial charge on any atom is 0.145 e. The van der Waals surface area contributed by atoms with E-state index in [2.05, 4.69) is 28.1 Å². The predicted octanol–water partition coefficient (Wildman–Crippen LogP) is 4.25. The van der Waals surface area contributed by atoms with Crippen molar-refractivity contribution in [3.63, 3.8) is 0 Å². The van der Waals surface area contributed by atoms with Crippen molar-refractivity contribution in [2.75, 3.05) is 6.54 Å². The van der Waals surface area contributed by atoms with E-state index in [1.54, 1.807) is 12.4 Å². The smallest absolute Gasteiger partial charge is 0.145 e. The second kappa shape index (κ2) is 6.09. The number of ether oxygens (including phenoxy) is 1. The first-order valence-corrected chi connectivity index (χ1v) is 8.28. The number of benzene rings is 1. The van der Waals surface area contributed by atoms with E-state index in [1.165, 1.54) is 37.8 Å². The zero-order chi connectivity index (χ0) is 14.8. The molecule has 22 heavy (non-hydrogen) atoms. The van der Waals surface area contributed by atoms with Crippen LogP contribution in [0.2, 0.25) is 0 Å². The first kappa shape index (κ1) is 13.8. The largest absolute Gasteiger partial charge is 0.455 e. The average molecular weight is 294 g/mol. The molecule has 2 aromatic rings. The monoisotopic (exact) mass is 294 g/mol. The molecule has 1 aromatic carbocycles. The van der Waals surface area contributed by atoms with Crippen LogP contribution in [-0.2, 0) is 6.54 Å². The molecule has 3 heteroatoms. The fraction of sp³-hybridized carbons (Fsp3) is 0.421. The summed E-state index contributed by atoms with van der Waals surface area (Å²) in [6.07, 6.45) is 9.08. The number of hydrogen-bond acceptors (Lipinski definition) is 3. The van der Waals surface area contributed by atoms with Gasteiger partial charge in [0.2, 0.25) is 0 Å². The molecule has 0 spiro atoms. The lowest BCUT2D eigenvalue weighted by Crippen LogP contribution is -2.28. The molecule has 2 saturated carbocycles. The van der Waals surface area contributed by atoms with Crippen molar-refractivity contribution in [2.24, 2.45) is 5.92 Å². The number of nitrogens with zero attached hydrogens (tertiary/aromatic N) is 2. The van der Waals surface area contributed by atoms with Crippen molar-refractivity contribution >= 4 is 0 Å². The molecule has 1 aromatic heterocycles. The van der Waals surface area contributed by atoms with Crippen LogP contribution in [0.3, 0.4) is 0 Å². The Kier molecular flexibility index (Phi) is 3.81. The van der Waals surface area contributed by atoms with Gasteiger partial charge in [-0.2, -0.15) is 0 Å². The molecule has 0 bridgehead atoms. The lowest BCUT2D eigenvalue weighted by molar-refractivity contribution is 0.241. The number of pyridine rings is 1. The zero-order valence-corrected chi connectivity index (χ0v) is 12.8. The molecule has 0 atom stereocenters. The van der Waals surface area contributed by atoms with E-state index in [0.29, 0.717) is 0 Å². The summed E-state index contributed by atoms with van der Waals surface area (Å²) in [6, 6.07) is 13.0. The van der Waals surface area contributed by atoms with Crippen LogP contribution in [0.15, 0.2) is 48.8 Å². The van der Waals surface area contributed by atoms with Gasteiger partial charge >= 0.3 is 0 Å². The molecule has 4 rings (SSSR count). The Morgan fingerprint density at radius 2 is 1.91 bits per heavy atom. The fourth-order valence-electron chi connectivity index (χ4n) is 2.90. The SMILES string of the molecule is c1cncc(Oc2ccccc2CN(CC2CC2)C2CC2)c1. The van der Waals surface area contributed by atoms with Crippen LogP contribution in [0.5, 0.6) is 11.5 Å². The number of hydrogen-bond donors (Lipinski definition) is 0. The summed E-state index contributed by atoms with van der Waals surface area (Å²) in [5, 5.41) is 0. The van der Waals surface area contributed by atoms with Crippen LogP contribution in [0.1, 0.15) is 31.2 Å². The van der Waals surface area contributed by atoms with Gasteiger partial charge in [-0.3, -0.25) is 9.88 Å². The molecule has 0 unspecified atom stereocenters. The van der Waals surface area contributed by atoms with Crippen molar-refractivity contribution in [3.05, 3.63) is 54.4 Å². The quantitative estimate of drug-likeness (QED) is 0.763. The van der Waals surface area contributed by atoms with Gasteiger partial charge in [0.05, 0.1) is 6.20 Å². The molecule has 2 aliphatic rings. The van der Waals surface area contributed by atoms with E-state index in [4.69, 9.17) is 4.74 Å². The third-order valence-electron chi connectivity index (χ3n) is 4.46. The van der Waals surface area contributed by atoms with Gasteiger partial charge in [0.15, 0.2) is 0 Å². The van der Waals surface area contributed by atoms with Gasteiger partial charge in [0, 0.05) is 30.9 Å². The highest BCUT2D eigenvalue weighted by Crippen LogP contribution is 2.36. The van der Waals surface area contributed by atoms with Crippen LogP contribution in [0, 0.1) is 5.92 Å². The molecule has 0 amide bonds. The highest BCUT2D eigenvalue weighted by atomic mass is 16.5. The summed E-state index contributed by atoms with van der Waals surface area (Å²) in [5.74, 6) is 2.69. The summed E-state index contributed by atoms with van der Waals surface area (Å²) in [5.41, 5.74) is 1.28. The molecule has 3 nitrogen and oxygen atoms in total. The van der Waals surface area contributed by atoms with Crippen LogP contribution in [0.25, 0.3) is 0 Å². The number of rotatable bonds is 7. The predicted molar refractivity (Wildman–Crippen MR) is 86.9 cm³/mol. The Bertz CT molecular complexity index is 620. The van der Waals surface area contributed by atoms with E-state index in [-0.39, 0.29) is 0 Å². The molecular formula is C19H22N2O. The van der Waals surface area contributed by atoms with Gasteiger partial charge in [0.1, 0.15) is 11.5 Å². The van der Waals surface area contributed by atoms with Gasteiger partial charge in [0.25, 0.3) is 0 Å². The summed E-state index contributed by atoms with van der Waals surface area (Å²) < 4.78 is 6.04. The van der Waals surface area contributed by atoms with Gasteiger partial charge < -0.3 is 4.74 Å². The van der Waals surface area contributed by atoms with Crippen LogP contribution in [0.4, 0.5) is 0 Å². The first-order chi connectivity index (χ1) is 10.9. The molecule has 2 fully saturated rings. The van der Waals surface area contributed by atoms with E-state index in [0.717, 1.165) is 30.0 Å². The Labute approximate surface area is 131 Å². The van der Waals surface area contributed by atoms with Gasteiger partial charge in [-0.05, 0) is 49.8 Å². The van der Waals surface area contributed by atoms with Crippen molar-refractivity contribution in [1.29, 1.82) is 0 Å². The van der Waals surface area contributed by atoms with E-state index in [9.17, 15) is 0 Å². The standard InChI is InChI=1S/C19H22N2O/c1-2-6-19(22-18-5-3-11-20-12-18)16(4-1)14-21(17-9-10-17)13-15-7-8-15/h1-6,11-12,15,17H,7-10,13-14H2. The minimum absolute atomic E-state index is 0.798. The van der Waals surface area contributed by atoms with Gasteiger partial charge in [-0.1, -0.05) is 18.2 Å². The summed E-state index contributed by atoms with van der Waals surface area (Å²) in [4.78, 5) is 6.78. The maximum atomic E-state index is 6.04. The molecule has 0 radical (unpaired) electrons. The van der Waals surface area contributed by atoms with Crippen molar-refractivity contribution < 1.29 is 4.74 Å². The normalized spacial score (nSPS) is 17.7. The van der Waals surface area contributed by atoms with E-state index < -0.39 is 0 Å². The minimum Gasteiger partial charge on any atom is -0.455 e. The zero-order valence-electron chi connectivity index (χ0n) is 12.8. The molecule has 0 N–H and O–H groups in total. The maximum absolute atomic E-state index is 6.04. The molecule has 2 aliphatic carbocycles. The number of para-hydroxylation sites is 1. The molecule has 114 valence electrons. The molecular weight excluding hydrogens is 272 g/mol. The lowest BCUT2D eigenvalue weighted by Gasteiger charge is -2.23. The second-order valence-corrected chi connectivity index (χ2v) is 6.50. The first-order valence-electron chi connectivity index (χ1n) is 8.28. The van der Waals surface area contributed by atoms with Crippen LogP contribution in [-0.4, -0.2) is 22.5 Å². The third-order valence-corrected chi connectivity index (χ3v) is 4.46. The molecule has 0 aliphatic heterocycles. The van der Waals surface area contributed by atoms with Gasteiger partial charge in [-0.25, -0.2) is 0 Å². The van der Waals surface area contributed by atoms with E-state index >= 15 is 0 Å². The van der Waals surface area contributed by atoms with Crippen LogP contribution >= 0.6 is 0 Å². The van der Waals surface area contributed by atoms with Crippen molar-refractivity contribution in [3.8, 4) is 11.5 Å². The summed E-state index contributed by atoms with van der Waals surface area (Å²) in [6.45, 7) is 2.25. The highest BCUT2D eigenvalue weighted by molar-refractivity contribution is 5.37. The Balaban J connectivity index is 1.50. The Morgan fingerprint density at radius 1 is 1.05 bits per heavy atom. The van der Waals surface area contributed by atoms with Crippen molar-refractivity contribution in [1.82, 2.24) is 9.88 Å². The molecule has 1 heterocycles. The summed E-state index contributed by atoms with van der Waals surface area (Å²) >= 11 is 0. The van der Waals surface area contributed by atoms with Crippen molar-refractivity contribution in [2.45, 2.75) is 38.3 Å². The Morgan fingerprint density at radius 3 is 2.64 bits per heavy atom. The highest BCUT2D eigenvalue weighted by Gasteiger charge is 2.33. The minimum atomic E-state index is 0.798. The number of aromatic nitrogens is 1. The topological polar surface area (TPSA) is 25.4 Å². The lowest BCUT2D eigenvalue weighted by atomic mass is 10.1. The second-order valence-electron chi connectivity index (χ2n) is 6.50. The van der Waals surface area contributed by atoms with Crippen LogP contribution < -0.4 is 4.74 Å². The summed E-state index contributed by atoms with van der Waals surface area (Å²) in [7, 11) is 0. The Hall–Kier alpha value is -1.87. The van der Waals surface area contributed by atoms with Gasteiger partial charge in [-0.15, -0.1) is 0 Å². The molecule has 0 saturated heterocycles.